The predicted octanol–water partition coefficient (Wildman–Crippen LogP) is -6.26. The van der Waals surface area contributed by atoms with E-state index in [-0.39, 0.29) is 67.4 Å². The Kier molecular flexibility index (Phi) is 43.3. The van der Waals surface area contributed by atoms with Gasteiger partial charge in [0.15, 0.2) is 0 Å². The van der Waals surface area contributed by atoms with Crippen molar-refractivity contribution in [1.82, 2.24) is 74.4 Å². The maximum absolute atomic E-state index is 14.1. The minimum atomic E-state index is -1.92. The SMILES string of the molecule is CC(C)C[C@H](NC(=O)[C@H](C)NC(=O)[C@H](CC(=O)O)NC(=O)[C@H](CS)NC(=O)[C@H](C)NC(=O)[C@H](C)NC(=O)[C@H](CO)NC(=O)[C@H](CC(C)C)NC(=O)[C@H](CO)NC(=O)[C@H](CC(C)C)NC(=O)[C@H](CC(C)C)NC(=O)[C@H](CC(=O)O)NC(=O)[C@H](CC(C)C)NC(=O)[C@@H](N)CS)C(=O)N[C@@H](CC(=O)O)C(=O)O. The van der Waals surface area contributed by atoms with Crippen molar-refractivity contribution in [3.8, 4) is 0 Å². The first-order chi connectivity index (χ1) is 48.2. The Morgan fingerprint density at radius 1 is 0.260 bits per heavy atom. The van der Waals surface area contributed by atoms with Crippen LogP contribution in [0.1, 0.15) is 141 Å². The lowest BCUT2D eigenvalue weighted by Gasteiger charge is -2.28. The van der Waals surface area contributed by atoms with Gasteiger partial charge in [0.25, 0.3) is 0 Å². The Hall–Kier alpha value is -8.96. The summed E-state index contributed by atoms with van der Waals surface area (Å²) in [5, 5.41) is 90.8. The van der Waals surface area contributed by atoms with E-state index >= 15 is 0 Å². The molecule has 0 aromatic rings. The molecule has 15 atom stereocenters. The van der Waals surface area contributed by atoms with Gasteiger partial charge in [-0.2, -0.15) is 25.3 Å². The number of rotatable bonds is 49. The third-order valence-corrected chi connectivity index (χ3v) is 15.7. The molecule has 22 N–H and O–H groups in total. The van der Waals surface area contributed by atoms with E-state index in [1.165, 1.54) is 0 Å². The summed E-state index contributed by atoms with van der Waals surface area (Å²) in [6, 6.07) is -23.7. The van der Waals surface area contributed by atoms with Crippen molar-refractivity contribution in [3.05, 3.63) is 0 Å². The fourth-order valence-electron chi connectivity index (χ4n) is 9.54. The number of carboxylic acid groups (broad SMARTS) is 4. The molecule has 39 nitrogen and oxygen atoms in total. The van der Waals surface area contributed by atoms with Gasteiger partial charge in [-0.1, -0.05) is 69.2 Å². The van der Waals surface area contributed by atoms with Crippen LogP contribution < -0.4 is 80.2 Å². The molecule has 0 heterocycles. The Morgan fingerprint density at radius 3 is 0.721 bits per heavy atom. The highest BCUT2D eigenvalue weighted by Gasteiger charge is 2.38. The Balaban J connectivity index is 6.25. The number of hydrogen-bond donors (Lipinski definition) is 23. The summed E-state index contributed by atoms with van der Waals surface area (Å²) >= 11 is 8.06. The smallest absolute Gasteiger partial charge is 0.326 e. The number of hydrogen-bond acceptors (Lipinski definition) is 23. The molecule has 0 aromatic heterocycles. The van der Waals surface area contributed by atoms with Gasteiger partial charge in [-0.25, -0.2) is 4.79 Å². The lowest BCUT2D eigenvalue weighted by Crippen LogP contribution is -2.61. The van der Waals surface area contributed by atoms with E-state index in [1.807, 2.05) is 5.32 Å². The van der Waals surface area contributed by atoms with Crippen molar-refractivity contribution in [2.45, 2.75) is 232 Å². The number of amides is 14. The summed E-state index contributed by atoms with van der Waals surface area (Å²) < 4.78 is 0. The van der Waals surface area contributed by atoms with Crippen LogP contribution in [0.25, 0.3) is 0 Å². The van der Waals surface area contributed by atoms with Gasteiger partial charge < -0.3 is 111 Å². The summed E-state index contributed by atoms with van der Waals surface area (Å²) in [5.74, 6) is -23.2. The van der Waals surface area contributed by atoms with Crippen LogP contribution in [0.5, 0.6) is 0 Å². The van der Waals surface area contributed by atoms with Gasteiger partial charge >= 0.3 is 23.9 Å². The van der Waals surface area contributed by atoms with Crippen LogP contribution in [-0.4, -0.2) is 253 Å². The largest absolute Gasteiger partial charge is 0.481 e. The number of nitrogens with two attached hydrogens (primary N) is 1. The number of aliphatic carboxylic acids is 4. The van der Waals surface area contributed by atoms with Crippen molar-refractivity contribution >= 4 is 132 Å². The second-order valence-corrected chi connectivity index (χ2v) is 27.7. The van der Waals surface area contributed by atoms with Crippen LogP contribution in [0.15, 0.2) is 0 Å². The van der Waals surface area contributed by atoms with E-state index in [0.717, 1.165) is 20.8 Å². The summed E-state index contributed by atoms with van der Waals surface area (Å²) in [6.45, 7) is 18.1. The van der Waals surface area contributed by atoms with E-state index in [9.17, 15) is 112 Å². The molecule has 0 unspecified atom stereocenters. The molecular formula is C63H107N15O24S2. The molecule has 0 aliphatic heterocycles. The van der Waals surface area contributed by atoms with Gasteiger partial charge in [-0.05, 0) is 82.5 Å². The van der Waals surface area contributed by atoms with Crippen LogP contribution >= 0.6 is 25.3 Å². The lowest BCUT2D eigenvalue weighted by molar-refractivity contribution is -0.147. The molecule has 0 fully saturated rings. The zero-order valence-electron chi connectivity index (χ0n) is 60.5. The third kappa shape index (κ3) is 36.5. The van der Waals surface area contributed by atoms with Crippen molar-refractivity contribution < 1.29 is 117 Å². The summed E-state index contributed by atoms with van der Waals surface area (Å²) in [4.78, 5) is 236. The molecule has 0 spiro atoms. The van der Waals surface area contributed by atoms with E-state index in [2.05, 4.69) is 94.4 Å². The highest BCUT2D eigenvalue weighted by atomic mass is 32.1. The molecule has 0 saturated heterocycles. The molecule has 0 radical (unpaired) electrons. The number of carbonyl (C=O) groups is 18. The number of nitrogens with one attached hydrogen (secondary N) is 14. The minimum absolute atomic E-state index is 0.0558. The standard InChI is InChI=1S/C63H107N15O24S2/c1-26(2)14-35(56(94)75-42(63(101)102)21-48(85)86)68-50(88)33(13)66-53(91)40(19-46(81)82)74-62(100)45(25-104)78-51(89)32(12)65-49(87)31(11)67-60(98)43(22-79)76-58(96)39(18-30(9)10)72-61(99)44(23-80)77-57(95)38(17-29(7)8)70-55(93)37(16-28(5)6)71-59(97)41(20-47(83)84)73-54(92)36(15-27(3)4)69-52(90)34(64)24-103/h26-45,79-80,103-104H,14-25,64H2,1-13H3,(H,65,87)(H,66,91)(H,67,98)(H,68,88)(H,69,90)(H,70,93)(H,71,97)(H,72,99)(H,73,92)(H,74,100)(H,75,94)(H,76,96)(H,77,95)(H,78,89)(H,81,82)(H,83,84)(H,85,86)(H,101,102)/t31-,32-,33-,34-,35-,36-,37-,38-,39-,40-,41-,42-,43-,44-,45-/m0/s1. The number of thiol groups is 2. The molecule has 0 aromatic carbocycles. The van der Waals surface area contributed by atoms with Gasteiger partial charge in [0.1, 0.15) is 84.6 Å². The number of aliphatic hydroxyl groups excluding tert-OH is 2. The first kappa shape index (κ1) is 95.0. The van der Waals surface area contributed by atoms with E-state index in [4.69, 9.17) is 10.8 Å². The molecule has 14 amide bonds. The molecule has 0 bridgehead atoms. The monoisotopic (exact) mass is 1520 g/mol. The fourth-order valence-corrected chi connectivity index (χ4v) is 9.96. The second-order valence-electron chi connectivity index (χ2n) is 27.0. The van der Waals surface area contributed by atoms with Crippen LogP contribution in [0, 0.1) is 29.6 Å². The van der Waals surface area contributed by atoms with Crippen LogP contribution in [0.2, 0.25) is 0 Å². The Morgan fingerprint density at radius 2 is 0.452 bits per heavy atom. The molecule has 0 aliphatic rings. The fraction of sp³-hybridized carbons (Fsp3) is 0.714. The van der Waals surface area contributed by atoms with Crippen LogP contribution in [-0.2, 0) is 86.3 Å². The second kappa shape index (κ2) is 47.4. The van der Waals surface area contributed by atoms with E-state index < -0.39 is 235 Å². The number of carbonyl (C=O) groups excluding carboxylic acids is 14. The van der Waals surface area contributed by atoms with Gasteiger partial charge in [-0.15, -0.1) is 0 Å². The first-order valence-electron chi connectivity index (χ1n) is 33.5. The van der Waals surface area contributed by atoms with Gasteiger partial charge in [0.2, 0.25) is 82.7 Å². The lowest BCUT2D eigenvalue weighted by atomic mass is 9.99. The third-order valence-electron chi connectivity index (χ3n) is 15.0. The summed E-state index contributed by atoms with van der Waals surface area (Å²) in [5.41, 5.74) is 5.78. The van der Waals surface area contributed by atoms with E-state index in [1.54, 1.807) is 69.2 Å². The van der Waals surface area contributed by atoms with Gasteiger partial charge in [0.05, 0.1) is 38.5 Å². The summed E-state index contributed by atoms with van der Waals surface area (Å²) in [7, 11) is 0. The predicted molar refractivity (Wildman–Crippen MR) is 376 cm³/mol. The molecule has 0 saturated carbocycles. The Labute approximate surface area is 612 Å². The maximum atomic E-state index is 14.1. The summed E-state index contributed by atoms with van der Waals surface area (Å²) in [6.07, 6.45) is -3.39. The first-order valence-corrected chi connectivity index (χ1v) is 34.8. The van der Waals surface area contributed by atoms with Crippen LogP contribution in [0.4, 0.5) is 0 Å². The molecular weight excluding hydrogens is 1410 g/mol. The average molecular weight is 1520 g/mol. The van der Waals surface area contributed by atoms with Crippen molar-refractivity contribution in [3.63, 3.8) is 0 Å². The molecule has 104 heavy (non-hydrogen) atoms. The molecule has 0 rings (SSSR count). The highest BCUT2D eigenvalue weighted by Crippen LogP contribution is 2.14. The van der Waals surface area contributed by atoms with Crippen molar-refractivity contribution in [1.29, 1.82) is 0 Å². The minimum Gasteiger partial charge on any atom is -0.481 e. The molecule has 41 heteroatoms. The van der Waals surface area contributed by atoms with E-state index in [0.29, 0.717) is 0 Å². The number of carboxylic acids is 4. The molecule has 590 valence electrons. The normalized spacial score (nSPS) is 15.6. The van der Waals surface area contributed by atoms with Crippen molar-refractivity contribution in [2.24, 2.45) is 35.3 Å². The maximum Gasteiger partial charge on any atom is 0.326 e. The van der Waals surface area contributed by atoms with Gasteiger partial charge in [-0.3, -0.25) is 81.5 Å². The van der Waals surface area contributed by atoms with Gasteiger partial charge in [0, 0.05) is 11.5 Å². The number of aliphatic hydroxyl groups is 2. The zero-order valence-corrected chi connectivity index (χ0v) is 62.3. The van der Waals surface area contributed by atoms with Crippen LogP contribution in [0.3, 0.4) is 0 Å². The molecule has 0 aliphatic carbocycles. The van der Waals surface area contributed by atoms with Crippen molar-refractivity contribution in [2.75, 3.05) is 24.7 Å². The Bertz CT molecular complexity index is 3020. The zero-order chi connectivity index (χ0) is 80.3. The topological polar surface area (TPSA) is 623 Å². The average Bonchev–Trinajstić information content (AvgIpc) is 0.531. The quantitative estimate of drug-likeness (QED) is 0.0252. The highest BCUT2D eigenvalue weighted by molar-refractivity contribution is 7.80.